The van der Waals surface area contributed by atoms with Gasteiger partial charge in [-0.1, -0.05) is 0 Å². The Labute approximate surface area is 166 Å². The Hall–Kier alpha value is -2.19. The highest BCUT2D eigenvalue weighted by atomic mass is 32.2. The van der Waals surface area contributed by atoms with E-state index in [0.717, 1.165) is 11.5 Å². The molecule has 150 valence electrons. The van der Waals surface area contributed by atoms with E-state index in [9.17, 15) is 8.42 Å². The molecule has 1 aromatic heterocycles. The van der Waals surface area contributed by atoms with E-state index in [0.29, 0.717) is 42.7 Å². The van der Waals surface area contributed by atoms with Gasteiger partial charge in [0.15, 0.2) is 5.82 Å². The molecule has 7 nitrogen and oxygen atoms in total. The highest BCUT2D eigenvalue weighted by molar-refractivity contribution is 7.89. The third-order valence-corrected chi connectivity index (χ3v) is 6.98. The molecule has 2 aliphatic rings. The van der Waals surface area contributed by atoms with Crippen LogP contribution in [0, 0.1) is 0 Å². The Morgan fingerprint density at radius 3 is 2.18 bits per heavy atom. The molecule has 2 heterocycles. The molecule has 2 fully saturated rings. The maximum atomic E-state index is 12.9. The summed E-state index contributed by atoms with van der Waals surface area (Å²) in [7, 11) is -3.51. The predicted molar refractivity (Wildman–Crippen MR) is 107 cm³/mol. The van der Waals surface area contributed by atoms with Crippen LogP contribution in [-0.4, -0.2) is 55.2 Å². The second-order valence-corrected chi connectivity index (χ2v) is 9.56. The lowest BCUT2D eigenvalue weighted by Gasteiger charge is -2.34. The van der Waals surface area contributed by atoms with E-state index in [1.807, 2.05) is 26.0 Å². The maximum absolute atomic E-state index is 12.9. The number of benzene rings is 1. The predicted octanol–water partition coefficient (Wildman–Crippen LogP) is 2.65. The van der Waals surface area contributed by atoms with E-state index in [1.165, 1.54) is 17.1 Å². The molecule has 1 aromatic carbocycles. The van der Waals surface area contributed by atoms with Crippen LogP contribution in [-0.2, 0) is 10.0 Å². The van der Waals surface area contributed by atoms with Gasteiger partial charge in [0.05, 0.1) is 16.7 Å². The second kappa shape index (κ2) is 7.67. The molecule has 4 rings (SSSR count). The molecule has 8 heteroatoms. The molecule has 28 heavy (non-hydrogen) atoms. The SMILES string of the molecule is CC(C)Oc1ccc(S(=O)(=O)N2CCN(c3ccc(C4CC4)nn3)CC2)cc1. The van der Waals surface area contributed by atoms with Crippen LogP contribution in [0.2, 0.25) is 0 Å². The van der Waals surface area contributed by atoms with Crippen molar-refractivity contribution in [2.45, 2.75) is 43.6 Å². The third-order valence-electron chi connectivity index (χ3n) is 5.06. The molecule has 0 bridgehead atoms. The molecule has 0 radical (unpaired) electrons. The molecular formula is C20H26N4O3S. The monoisotopic (exact) mass is 402 g/mol. The zero-order chi connectivity index (χ0) is 19.7. The zero-order valence-corrected chi connectivity index (χ0v) is 17.1. The summed E-state index contributed by atoms with van der Waals surface area (Å²) in [6.45, 7) is 5.94. The van der Waals surface area contributed by atoms with Gasteiger partial charge in [-0.05, 0) is 63.1 Å². The summed E-state index contributed by atoms with van der Waals surface area (Å²) < 4.78 is 33.0. The molecule has 0 unspecified atom stereocenters. The molecule has 0 atom stereocenters. The van der Waals surface area contributed by atoms with Crippen molar-refractivity contribution < 1.29 is 13.2 Å². The minimum absolute atomic E-state index is 0.0528. The topological polar surface area (TPSA) is 75.6 Å². The van der Waals surface area contributed by atoms with Gasteiger partial charge in [0.2, 0.25) is 10.0 Å². The van der Waals surface area contributed by atoms with Gasteiger partial charge in [0.1, 0.15) is 5.75 Å². The number of ether oxygens (including phenoxy) is 1. The van der Waals surface area contributed by atoms with E-state index < -0.39 is 10.0 Å². The molecule has 0 amide bonds. The van der Waals surface area contributed by atoms with E-state index >= 15 is 0 Å². The van der Waals surface area contributed by atoms with Crippen molar-refractivity contribution in [3.63, 3.8) is 0 Å². The van der Waals surface area contributed by atoms with E-state index in [4.69, 9.17) is 4.74 Å². The number of sulfonamides is 1. The first-order valence-corrected chi connectivity index (χ1v) is 11.2. The Morgan fingerprint density at radius 1 is 0.964 bits per heavy atom. The summed E-state index contributed by atoms with van der Waals surface area (Å²) in [5.41, 5.74) is 1.06. The Balaban J connectivity index is 1.39. The summed E-state index contributed by atoms with van der Waals surface area (Å²) in [6, 6.07) is 10.7. The molecule has 2 aromatic rings. The van der Waals surface area contributed by atoms with Gasteiger partial charge in [-0.3, -0.25) is 0 Å². The van der Waals surface area contributed by atoms with Gasteiger partial charge in [-0.15, -0.1) is 5.10 Å². The van der Waals surface area contributed by atoms with Crippen LogP contribution in [0.1, 0.15) is 38.3 Å². The first-order valence-electron chi connectivity index (χ1n) is 9.79. The first-order chi connectivity index (χ1) is 13.4. The summed E-state index contributed by atoms with van der Waals surface area (Å²) in [5.74, 6) is 2.07. The van der Waals surface area contributed by atoms with Crippen molar-refractivity contribution >= 4 is 15.8 Å². The standard InChI is InChI=1S/C20H26N4O3S/c1-15(2)27-17-5-7-18(8-6-17)28(25,26)24-13-11-23(12-14-24)20-10-9-19(21-22-20)16-3-4-16/h5-10,15-16H,3-4,11-14H2,1-2H3. The smallest absolute Gasteiger partial charge is 0.243 e. The van der Waals surface area contributed by atoms with Crippen molar-refractivity contribution in [1.29, 1.82) is 0 Å². The number of hydrogen-bond acceptors (Lipinski definition) is 6. The number of piperazine rings is 1. The summed E-state index contributed by atoms with van der Waals surface area (Å²) in [6.07, 6.45) is 2.46. The van der Waals surface area contributed by atoms with Crippen LogP contribution >= 0.6 is 0 Å². The lowest BCUT2D eigenvalue weighted by atomic mass is 10.2. The quantitative estimate of drug-likeness (QED) is 0.739. The second-order valence-electron chi connectivity index (χ2n) is 7.62. The van der Waals surface area contributed by atoms with Crippen LogP contribution in [0.15, 0.2) is 41.3 Å². The molecule has 1 saturated carbocycles. The first kappa shape index (κ1) is 19.1. The van der Waals surface area contributed by atoms with E-state index in [2.05, 4.69) is 15.1 Å². The molecule has 1 aliphatic carbocycles. The maximum Gasteiger partial charge on any atom is 0.243 e. The van der Waals surface area contributed by atoms with Crippen LogP contribution in [0.3, 0.4) is 0 Å². The molecular weight excluding hydrogens is 376 g/mol. The average Bonchev–Trinajstić information content (AvgIpc) is 3.54. The number of nitrogens with zero attached hydrogens (tertiary/aromatic N) is 4. The fraction of sp³-hybridized carbons (Fsp3) is 0.500. The van der Waals surface area contributed by atoms with Crippen LogP contribution < -0.4 is 9.64 Å². The zero-order valence-electron chi connectivity index (χ0n) is 16.3. The highest BCUT2D eigenvalue weighted by Gasteiger charge is 2.30. The molecule has 0 N–H and O–H groups in total. The van der Waals surface area contributed by atoms with Gasteiger partial charge < -0.3 is 9.64 Å². The number of aromatic nitrogens is 2. The normalized spacial score (nSPS) is 18.5. The summed E-state index contributed by atoms with van der Waals surface area (Å²) >= 11 is 0. The van der Waals surface area contributed by atoms with E-state index in [1.54, 1.807) is 24.3 Å². The third kappa shape index (κ3) is 4.12. The fourth-order valence-corrected chi connectivity index (χ4v) is 4.79. The van der Waals surface area contributed by atoms with Crippen molar-refractivity contribution in [3.05, 3.63) is 42.1 Å². The van der Waals surface area contributed by atoms with Crippen molar-refractivity contribution in [2.24, 2.45) is 0 Å². The summed E-state index contributed by atoms with van der Waals surface area (Å²) in [5, 5.41) is 8.66. The van der Waals surface area contributed by atoms with Gasteiger partial charge in [0, 0.05) is 32.1 Å². The van der Waals surface area contributed by atoms with Crippen LogP contribution in [0.4, 0.5) is 5.82 Å². The van der Waals surface area contributed by atoms with Crippen molar-refractivity contribution in [1.82, 2.24) is 14.5 Å². The molecule has 0 spiro atoms. The average molecular weight is 403 g/mol. The Morgan fingerprint density at radius 2 is 1.64 bits per heavy atom. The molecule has 1 aliphatic heterocycles. The minimum Gasteiger partial charge on any atom is -0.491 e. The van der Waals surface area contributed by atoms with Gasteiger partial charge >= 0.3 is 0 Å². The van der Waals surface area contributed by atoms with Crippen molar-refractivity contribution in [3.8, 4) is 5.75 Å². The Bertz CT molecular complexity index is 901. The van der Waals surface area contributed by atoms with Crippen molar-refractivity contribution in [2.75, 3.05) is 31.1 Å². The number of hydrogen-bond donors (Lipinski definition) is 0. The minimum atomic E-state index is -3.51. The number of anilines is 1. The molecule has 1 saturated heterocycles. The van der Waals surface area contributed by atoms with Gasteiger partial charge in [-0.25, -0.2) is 8.42 Å². The van der Waals surface area contributed by atoms with Gasteiger partial charge in [0.25, 0.3) is 0 Å². The van der Waals surface area contributed by atoms with Crippen LogP contribution in [0.5, 0.6) is 5.75 Å². The van der Waals surface area contributed by atoms with Crippen LogP contribution in [0.25, 0.3) is 0 Å². The highest BCUT2D eigenvalue weighted by Crippen LogP contribution is 2.38. The Kier molecular flexibility index (Phi) is 5.25. The van der Waals surface area contributed by atoms with Gasteiger partial charge in [-0.2, -0.15) is 9.40 Å². The summed E-state index contributed by atoms with van der Waals surface area (Å²) in [4.78, 5) is 2.39. The van der Waals surface area contributed by atoms with E-state index in [-0.39, 0.29) is 6.10 Å². The number of rotatable bonds is 6. The fourth-order valence-electron chi connectivity index (χ4n) is 3.37. The lowest BCUT2D eigenvalue weighted by molar-refractivity contribution is 0.242. The largest absolute Gasteiger partial charge is 0.491 e. The lowest BCUT2D eigenvalue weighted by Crippen LogP contribution is -2.49.